The zero-order chi connectivity index (χ0) is 27.4. The van der Waals surface area contributed by atoms with Crippen molar-refractivity contribution in [2.45, 2.75) is 58.9 Å². The van der Waals surface area contributed by atoms with E-state index in [1.807, 2.05) is 60.5 Å². The van der Waals surface area contributed by atoms with Gasteiger partial charge in [0.05, 0.1) is 36.2 Å². The highest BCUT2D eigenvalue weighted by Gasteiger charge is 2.32. The van der Waals surface area contributed by atoms with E-state index in [0.717, 1.165) is 61.5 Å². The number of nitrogens with zero attached hydrogens (tertiary/aromatic N) is 2. The largest absolute Gasteiger partial charge is 0.494 e. The molecule has 1 saturated heterocycles. The van der Waals surface area contributed by atoms with E-state index >= 15 is 0 Å². The number of amides is 1. The summed E-state index contributed by atoms with van der Waals surface area (Å²) in [6, 6.07) is 15.5. The van der Waals surface area contributed by atoms with Crippen LogP contribution in [0.15, 0.2) is 53.5 Å². The summed E-state index contributed by atoms with van der Waals surface area (Å²) in [7, 11) is 0. The van der Waals surface area contributed by atoms with Crippen LogP contribution in [0.2, 0.25) is 0 Å². The molecule has 2 N–H and O–H groups in total. The summed E-state index contributed by atoms with van der Waals surface area (Å²) in [5.74, 6) is 2.97. The molecule has 1 fully saturated rings. The Bertz CT molecular complexity index is 1380. The standard InChI is InChI=1S/C32H37N3O4/c1-21-9-10-26(16-22(21)2)39-30-12-11-25(18-28(30)33)37-14-5-4-6-15-38-31-19-29-27(17-23(31)3)32(36)35-13-7-8-24(35)20-34-29/h9-12,16-20,24H,4-8,13-15,33H2,1-3H3/t24-/m0/s1. The Morgan fingerprint density at radius 2 is 1.67 bits per heavy atom. The highest BCUT2D eigenvalue weighted by atomic mass is 16.5. The summed E-state index contributed by atoms with van der Waals surface area (Å²) in [6.07, 6.45) is 6.71. The van der Waals surface area contributed by atoms with Gasteiger partial charge in [0.15, 0.2) is 5.75 Å². The van der Waals surface area contributed by atoms with Crippen LogP contribution in [0.4, 0.5) is 11.4 Å². The van der Waals surface area contributed by atoms with Gasteiger partial charge in [0.2, 0.25) is 0 Å². The number of nitrogen functional groups attached to an aromatic ring is 1. The molecule has 204 valence electrons. The molecule has 0 bridgehead atoms. The predicted octanol–water partition coefficient (Wildman–Crippen LogP) is 6.93. The smallest absolute Gasteiger partial charge is 0.256 e. The molecule has 0 spiro atoms. The van der Waals surface area contributed by atoms with Gasteiger partial charge in [-0.15, -0.1) is 0 Å². The van der Waals surface area contributed by atoms with Crippen LogP contribution < -0.4 is 19.9 Å². The Balaban J connectivity index is 1.05. The van der Waals surface area contributed by atoms with Crippen LogP contribution in [0.25, 0.3) is 0 Å². The van der Waals surface area contributed by atoms with E-state index < -0.39 is 0 Å². The van der Waals surface area contributed by atoms with Crippen LogP contribution in [-0.4, -0.2) is 42.8 Å². The number of carbonyl (C=O) groups is 1. The minimum absolute atomic E-state index is 0.0740. The lowest BCUT2D eigenvalue weighted by atomic mass is 10.1. The zero-order valence-electron chi connectivity index (χ0n) is 23.0. The fourth-order valence-electron chi connectivity index (χ4n) is 5.00. The van der Waals surface area contributed by atoms with E-state index in [2.05, 4.69) is 18.8 Å². The van der Waals surface area contributed by atoms with Gasteiger partial charge in [0.1, 0.15) is 17.2 Å². The highest BCUT2D eigenvalue weighted by molar-refractivity contribution is 6.03. The molecule has 39 heavy (non-hydrogen) atoms. The molecule has 3 aromatic rings. The number of nitrogens with two attached hydrogens (primary N) is 1. The molecule has 7 heteroatoms. The zero-order valence-corrected chi connectivity index (χ0v) is 23.0. The van der Waals surface area contributed by atoms with Crippen molar-refractivity contribution in [2.24, 2.45) is 4.99 Å². The fraction of sp³-hybridized carbons (Fsp3) is 0.375. The minimum Gasteiger partial charge on any atom is -0.494 e. The van der Waals surface area contributed by atoms with Crippen molar-refractivity contribution in [1.29, 1.82) is 0 Å². The summed E-state index contributed by atoms with van der Waals surface area (Å²) in [4.78, 5) is 19.5. The van der Waals surface area contributed by atoms with Gasteiger partial charge >= 0.3 is 0 Å². The van der Waals surface area contributed by atoms with Crippen LogP contribution in [0.1, 0.15) is 59.2 Å². The number of fused-ring (bicyclic) bond motifs is 2. The number of hydrogen-bond donors (Lipinski definition) is 1. The average Bonchev–Trinajstić information content (AvgIpc) is 3.35. The number of rotatable bonds is 10. The number of unbranched alkanes of at least 4 members (excludes halogenated alkanes) is 2. The Labute approximate surface area is 230 Å². The van der Waals surface area contributed by atoms with E-state index in [0.29, 0.717) is 35.9 Å². The maximum Gasteiger partial charge on any atom is 0.256 e. The number of carbonyl (C=O) groups excluding carboxylic acids is 1. The van der Waals surface area contributed by atoms with Crippen molar-refractivity contribution in [1.82, 2.24) is 4.90 Å². The molecule has 0 aromatic heterocycles. The van der Waals surface area contributed by atoms with E-state index in [-0.39, 0.29) is 11.9 Å². The Hall–Kier alpha value is -4.00. The number of benzene rings is 3. The van der Waals surface area contributed by atoms with Gasteiger partial charge in [-0.2, -0.15) is 0 Å². The second-order valence-electron chi connectivity index (χ2n) is 10.4. The molecule has 2 heterocycles. The monoisotopic (exact) mass is 527 g/mol. The molecule has 3 aromatic carbocycles. The van der Waals surface area contributed by atoms with Gasteiger partial charge < -0.3 is 24.8 Å². The number of aliphatic imine (C=N–C) groups is 1. The highest BCUT2D eigenvalue weighted by Crippen LogP contribution is 2.34. The van der Waals surface area contributed by atoms with E-state index in [1.54, 1.807) is 6.07 Å². The van der Waals surface area contributed by atoms with Crippen LogP contribution >= 0.6 is 0 Å². The number of aryl methyl sites for hydroxylation is 3. The van der Waals surface area contributed by atoms with Gasteiger partial charge in [0.25, 0.3) is 5.91 Å². The number of hydrogen-bond acceptors (Lipinski definition) is 6. The summed E-state index contributed by atoms with van der Waals surface area (Å²) >= 11 is 0. The van der Waals surface area contributed by atoms with Crippen molar-refractivity contribution in [2.75, 3.05) is 25.5 Å². The molecule has 0 unspecified atom stereocenters. The van der Waals surface area contributed by atoms with Gasteiger partial charge in [-0.05, 0) is 99.9 Å². The van der Waals surface area contributed by atoms with E-state index in [1.165, 1.54) is 11.1 Å². The first kappa shape index (κ1) is 26.6. The molecular weight excluding hydrogens is 490 g/mol. The molecule has 2 aliphatic rings. The van der Waals surface area contributed by atoms with E-state index in [9.17, 15) is 4.79 Å². The molecular formula is C32H37N3O4. The van der Waals surface area contributed by atoms with Crippen molar-refractivity contribution in [3.05, 3.63) is 70.8 Å². The van der Waals surface area contributed by atoms with E-state index in [4.69, 9.17) is 19.9 Å². The maximum atomic E-state index is 13.0. The SMILES string of the molecule is Cc1ccc(Oc2ccc(OCCCCCOc3cc4c(cc3C)C(=O)N3CCC[C@H]3C=N4)cc2N)cc1C. The maximum absolute atomic E-state index is 13.0. The van der Waals surface area contributed by atoms with Gasteiger partial charge in [-0.25, -0.2) is 0 Å². The lowest BCUT2D eigenvalue weighted by molar-refractivity contribution is 0.0774. The third kappa shape index (κ3) is 6.19. The Kier molecular flexibility index (Phi) is 8.05. The number of ether oxygens (including phenoxy) is 3. The van der Waals surface area contributed by atoms with Crippen molar-refractivity contribution < 1.29 is 19.0 Å². The van der Waals surface area contributed by atoms with Crippen molar-refractivity contribution >= 4 is 23.5 Å². The first-order valence-corrected chi connectivity index (χ1v) is 13.8. The Morgan fingerprint density at radius 3 is 2.46 bits per heavy atom. The molecule has 0 radical (unpaired) electrons. The molecule has 7 nitrogen and oxygen atoms in total. The first-order valence-electron chi connectivity index (χ1n) is 13.8. The van der Waals surface area contributed by atoms with Crippen molar-refractivity contribution in [3.63, 3.8) is 0 Å². The molecule has 1 amide bonds. The quantitative estimate of drug-likeness (QED) is 0.228. The lowest BCUT2D eigenvalue weighted by Crippen LogP contribution is -2.35. The summed E-state index contributed by atoms with van der Waals surface area (Å²) < 4.78 is 17.9. The van der Waals surface area contributed by atoms with Crippen LogP contribution in [0.5, 0.6) is 23.0 Å². The molecule has 0 saturated carbocycles. The normalized spacial score (nSPS) is 16.0. The van der Waals surface area contributed by atoms with Gasteiger partial charge in [0, 0.05) is 24.9 Å². The first-order chi connectivity index (χ1) is 18.9. The van der Waals surface area contributed by atoms with Crippen molar-refractivity contribution in [3.8, 4) is 23.0 Å². The van der Waals surface area contributed by atoms with Gasteiger partial charge in [-0.1, -0.05) is 6.07 Å². The average molecular weight is 528 g/mol. The second kappa shape index (κ2) is 11.8. The topological polar surface area (TPSA) is 86.4 Å². The Morgan fingerprint density at radius 1 is 0.872 bits per heavy atom. The van der Waals surface area contributed by atoms with Crippen LogP contribution in [0, 0.1) is 20.8 Å². The predicted molar refractivity (Wildman–Crippen MR) is 155 cm³/mol. The van der Waals surface area contributed by atoms with Crippen LogP contribution in [-0.2, 0) is 0 Å². The summed E-state index contributed by atoms with van der Waals surface area (Å²) in [6.45, 7) is 8.12. The number of anilines is 1. The molecule has 2 aliphatic heterocycles. The lowest BCUT2D eigenvalue weighted by Gasteiger charge is -2.20. The third-order valence-corrected chi connectivity index (χ3v) is 7.47. The summed E-state index contributed by atoms with van der Waals surface area (Å²) in [5.41, 5.74) is 11.5. The molecule has 5 rings (SSSR count). The molecule has 1 atom stereocenters. The fourth-order valence-corrected chi connectivity index (χ4v) is 5.00. The minimum atomic E-state index is 0.0740. The molecule has 0 aliphatic carbocycles. The summed E-state index contributed by atoms with van der Waals surface area (Å²) in [5, 5.41) is 0. The third-order valence-electron chi connectivity index (χ3n) is 7.47. The van der Waals surface area contributed by atoms with Gasteiger partial charge in [-0.3, -0.25) is 9.79 Å². The van der Waals surface area contributed by atoms with Crippen LogP contribution in [0.3, 0.4) is 0 Å². The second-order valence-corrected chi connectivity index (χ2v) is 10.4.